The Morgan fingerprint density at radius 2 is 1.96 bits per heavy atom. The lowest BCUT2D eigenvalue weighted by Gasteiger charge is -2.08. The third-order valence-corrected chi connectivity index (χ3v) is 4.09. The molecule has 26 heavy (non-hydrogen) atoms. The first kappa shape index (κ1) is 17.7. The highest BCUT2D eigenvalue weighted by atomic mass is 16.5. The van der Waals surface area contributed by atoms with Crippen LogP contribution in [0.1, 0.15) is 40.1 Å². The molecular formula is C20H20N2O4. The molecule has 0 aliphatic rings. The third-order valence-electron chi connectivity index (χ3n) is 4.09. The number of pyridine rings is 1. The number of nitrogens with zero attached hydrogens (tertiary/aromatic N) is 1. The highest BCUT2D eigenvalue weighted by Gasteiger charge is 2.19. The van der Waals surface area contributed by atoms with Gasteiger partial charge in [0.1, 0.15) is 5.56 Å². The topological polar surface area (TPSA) is 81.3 Å². The van der Waals surface area contributed by atoms with Gasteiger partial charge in [-0.25, -0.2) is 9.78 Å². The fourth-order valence-corrected chi connectivity index (χ4v) is 2.83. The number of H-pyrrole nitrogens is 1. The number of Topliss-reactive ketones (excluding diaryl/α,β-unsaturated/α-hetero) is 1. The molecule has 1 aromatic carbocycles. The van der Waals surface area contributed by atoms with Crippen LogP contribution in [0.2, 0.25) is 0 Å². The minimum atomic E-state index is -0.635. The SMILES string of the molecule is CCOc1ncccc1C(=O)OCC(=O)c1c[nH]c2c(CC)cccc12. The van der Waals surface area contributed by atoms with E-state index in [9.17, 15) is 9.59 Å². The number of esters is 1. The summed E-state index contributed by atoms with van der Waals surface area (Å²) in [4.78, 5) is 32.0. The van der Waals surface area contributed by atoms with Gasteiger partial charge in [-0.15, -0.1) is 0 Å². The van der Waals surface area contributed by atoms with E-state index < -0.39 is 5.97 Å². The molecule has 0 unspecified atom stereocenters. The number of ether oxygens (including phenoxy) is 2. The van der Waals surface area contributed by atoms with Gasteiger partial charge in [0.25, 0.3) is 0 Å². The summed E-state index contributed by atoms with van der Waals surface area (Å²) in [6.07, 6.45) is 4.06. The van der Waals surface area contributed by atoms with Gasteiger partial charge in [0.2, 0.25) is 11.7 Å². The first-order valence-electron chi connectivity index (χ1n) is 8.52. The number of carbonyl (C=O) groups excluding carboxylic acids is 2. The number of hydrogen-bond donors (Lipinski definition) is 1. The molecule has 1 N–H and O–H groups in total. The van der Waals surface area contributed by atoms with E-state index in [0.717, 1.165) is 22.9 Å². The van der Waals surface area contributed by atoms with Crippen LogP contribution >= 0.6 is 0 Å². The average Bonchev–Trinajstić information content (AvgIpc) is 3.11. The summed E-state index contributed by atoms with van der Waals surface area (Å²) in [6.45, 7) is 3.89. The second-order valence-electron chi connectivity index (χ2n) is 5.68. The van der Waals surface area contributed by atoms with E-state index in [0.29, 0.717) is 12.2 Å². The molecule has 0 aliphatic carbocycles. The molecule has 0 saturated carbocycles. The molecule has 3 rings (SSSR count). The minimum Gasteiger partial charge on any atom is -0.477 e. The maximum atomic E-state index is 12.5. The number of rotatable bonds is 7. The molecule has 2 aromatic heterocycles. The van der Waals surface area contributed by atoms with Gasteiger partial charge in [-0.05, 0) is 31.0 Å². The van der Waals surface area contributed by atoms with Crippen molar-refractivity contribution in [2.75, 3.05) is 13.2 Å². The zero-order valence-corrected chi connectivity index (χ0v) is 14.7. The van der Waals surface area contributed by atoms with E-state index in [1.807, 2.05) is 18.2 Å². The van der Waals surface area contributed by atoms with Crippen molar-refractivity contribution in [2.24, 2.45) is 0 Å². The van der Waals surface area contributed by atoms with Crippen LogP contribution in [0.25, 0.3) is 10.9 Å². The number of aromatic nitrogens is 2. The lowest BCUT2D eigenvalue weighted by Crippen LogP contribution is -2.15. The van der Waals surface area contributed by atoms with Crippen molar-refractivity contribution in [3.63, 3.8) is 0 Å². The molecule has 0 amide bonds. The maximum Gasteiger partial charge on any atom is 0.344 e. The van der Waals surface area contributed by atoms with E-state index in [4.69, 9.17) is 9.47 Å². The first-order valence-corrected chi connectivity index (χ1v) is 8.52. The second kappa shape index (κ2) is 7.82. The van der Waals surface area contributed by atoms with E-state index in [1.165, 1.54) is 6.20 Å². The van der Waals surface area contributed by atoms with E-state index >= 15 is 0 Å². The van der Waals surface area contributed by atoms with Crippen LogP contribution in [0.4, 0.5) is 0 Å². The maximum absolute atomic E-state index is 12.5. The minimum absolute atomic E-state index is 0.201. The second-order valence-corrected chi connectivity index (χ2v) is 5.68. The van der Waals surface area contributed by atoms with Crippen molar-refractivity contribution in [1.29, 1.82) is 0 Å². The summed E-state index contributed by atoms with van der Waals surface area (Å²) in [5.74, 6) is -0.698. The number of nitrogens with one attached hydrogen (secondary N) is 1. The largest absolute Gasteiger partial charge is 0.477 e. The predicted molar refractivity (Wildman–Crippen MR) is 97.7 cm³/mol. The van der Waals surface area contributed by atoms with E-state index in [-0.39, 0.29) is 23.8 Å². The van der Waals surface area contributed by atoms with E-state index in [1.54, 1.807) is 25.3 Å². The summed E-state index contributed by atoms with van der Waals surface area (Å²) in [6, 6.07) is 9.00. The molecule has 0 spiro atoms. The summed E-state index contributed by atoms with van der Waals surface area (Å²) >= 11 is 0. The number of hydrogen-bond acceptors (Lipinski definition) is 5. The molecule has 3 aromatic rings. The van der Waals surface area contributed by atoms with Gasteiger partial charge in [-0.3, -0.25) is 4.79 Å². The Balaban J connectivity index is 1.75. The quantitative estimate of drug-likeness (QED) is 0.519. The molecule has 0 saturated heterocycles. The highest BCUT2D eigenvalue weighted by Crippen LogP contribution is 2.23. The fourth-order valence-electron chi connectivity index (χ4n) is 2.83. The van der Waals surface area contributed by atoms with Crippen LogP contribution in [0, 0.1) is 0 Å². The van der Waals surface area contributed by atoms with Gasteiger partial charge in [0.15, 0.2) is 6.61 Å². The van der Waals surface area contributed by atoms with Crippen molar-refractivity contribution < 1.29 is 19.1 Å². The van der Waals surface area contributed by atoms with Gasteiger partial charge in [0, 0.05) is 28.9 Å². The molecule has 0 radical (unpaired) electrons. The lowest BCUT2D eigenvalue weighted by molar-refractivity contribution is 0.0470. The van der Waals surface area contributed by atoms with Crippen LogP contribution in [0.5, 0.6) is 5.88 Å². The number of aryl methyl sites for hydroxylation is 1. The van der Waals surface area contributed by atoms with Crippen molar-refractivity contribution in [3.8, 4) is 5.88 Å². The highest BCUT2D eigenvalue weighted by molar-refractivity contribution is 6.09. The summed E-state index contributed by atoms with van der Waals surface area (Å²) in [5, 5.41) is 0.835. The molecular weight excluding hydrogens is 332 g/mol. The average molecular weight is 352 g/mol. The molecule has 0 aliphatic heterocycles. The van der Waals surface area contributed by atoms with Crippen LogP contribution in [0.3, 0.4) is 0 Å². The number of benzene rings is 1. The first-order chi connectivity index (χ1) is 12.7. The Bertz CT molecular complexity index is 946. The molecule has 6 nitrogen and oxygen atoms in total. The van der Waals surface area contributed by atoms with Crippen molar-refractivity contribution in [2.45, 2.75) is 20.3 Å². The smallest absolute Gasteiger partial charge is 0.344 e. The van der Waals surface area contributed by atoms with Crippen LogP contribution in [0.15, 0.2) is 42.7 Å². The number of para-hydroxylation sites is 1. The lowest BCUT2D eigenvalue weighted by atomic mass is 10.1. The van der Waals surface area contributed by atoms with Crippen molar-refractivity contribution in [1.82, 2.24) is 9.97 Å². The Morgan fingerprint density at radius 3 is 2.73 bits per heavy atom. The van der Waals surface area contributed by atoms with Gasteiger partial charge in [0.05, 0.1) is 6.61 Å². The number of ketones is 1. The summed E-state index contributed by atoms with van der Waals surface area (Å²) in [7, 11) is 0. The van der Waals surface area contributed by atoms with Gasteiger partial charge >= 0.3 is 5.97 Å². The molecule has 0 atom stereocenters. The number of aromatic amines is 1. The Labute approximate surface area is 151 Å². The standard InChI is InChI=1S/C20H20N2O4/c1-3-13-7-5-8-14-16(11-22-18(13)14)17(23)12-26-20(24)15-9-6-10-21-19(15)25-4-2/h5-11,22H,3-4,12H2,1-2H3. The van der Waals surface area contributed by atoms with Gasteiger partial charge in [-0.2, -0.15) is 0 Å². The Kier molecular flexibility index (Phi) is 5.31. The van der Waals surface area contributed by atoms with Gasteiger partial charge in [-0.1, -0.05) is 25.1 Å². The molecule has 2 heterocycles. The van der Waals surface area contributed by atoms with Gasteiger partial charge < -0.3 is 14.5 Å². The zero-order valence-electron chi connectivity index (χ0n) is 14.7. The predicted octanol–water partition coefficient (Wildman–Crippen LogP) is 3.56. The van der Waals surface area contributed by atoms with Crippen molar-refractivity contribution >= 4 is 22.7 Å². The molecule has 0 fully saturated rings. The molecule has 6 heteroatoms. The van der Waals surface area contributed by atoms with E-state index in [2.05, 4.69) is 16.9 Å². The number of fused-ring (bicyclic) bond motifs is 1. The zero-order chi connectivity index (χ0) is 18.5. The fraction of sp³-hybridized carbons (Fsp3) is 0.250. The number of carbonyl (C=O) groups is 2. The van der Waals surface area contributed by atoms with Crippen molar-refractivity contribution in [3.05, 3.63) is 59.4 Å². The van der Waals surface area contributed by atoms with Crippen LogP contribution in [-0.4, -0.2) is 34.9 Å². The molecule has 0 bridgehead atoms. The normalized spacial score (nSPS) is 10.7. The summed E-state index contributed by atoms with van der Waals surface area (Å²) < 4.78 is 10.5. The monoisotopic (exact) mass is 352 g/mol. The summed E-state index contributed by atoms with van der Waals surface area (Å²) in [5.41, 5.74) is 2.79. The van der Waals surface area contributed by atoms with Crippen LogP contribution in [-0.2, 0) is 11.2 Å². The third kappa shape index (κ3) is 3.44. The van der Waals surface area contributed by atoms with Crippen LogP contribution < -0.4 is 4.74 Å². The Morgan fingerprint density at radius 1 is 1.12 bits per heavy atom. The Hall–Kier alpha value is -3.15. The molecule has 134 valence electrons.